The molecule has 0 amide bonds. The number of nitrogens with two attached hydrogens (primary N) is 1. The highest BCUT2D eigenvalue weighted by Gasteiger charge is 2.33. The van der Waals surface area contributed by atoms with Gasteiger partial charge in [-0.05, 0) is 36.1 Å². The second-order valence-electron chi connectivity index (χ2n) is 4.61. The fourth-order valence-corrected chi connectivity index (χ4v) is 2.59. The third kappa shape index (κ3) is 1.78. The van der Waals surface area contributed by atoms with Crippen molar-refractivity contribution in [2.45, 2.75) is 31.5 Å². The average molecular weight is 223 g/mol. The second kappa shape index (κ2) is 3.48. The van der Waals surface area contributed by atoms with Gasteiger partial charge >= 0.3 is 0 Å². The minimum atomic E-state index is 0.132. The highest BCUT2D eigenvalue weighted by Crippen LogP contribution is 2.35. The van der Waals surface area contributed by atoms with Crippen LogP contribution in [-0.4, -0.2) is 17.5 Å². The molecule has 2 aliphatic rings. The summed E-state index contributed by atoms with van der Waals surface area (Å²) < 4.78 is 0. The van der Waals surface area contributed by atoms with Crippen molar-refractivity contribution in [1.82, 2.24) is 4.90 Å². The molecule has 3 rings (SSSR count). The van der Waals surface area contributed by atoms with E-state index in [1.807, 2.05) is 12.1 Å². The molecule has 3 heteroatoms. The summed E-state index contributed by atoms with van der Waals surface area (Å²) in [5.74, 6) is 0. The average Bonchev–Trinajstić information content (AvgIpc) is 3.02. The van der Waals surface area contributed by atoms with Crippen LogP contribution in [0.1, 0.15) is 30.0 Å². The highest BCUT2D eigenvalue weighted by atomic mass is 35.5. The van der Waals surface area contributed by atoms with Gasteiger partial charge in [-0.2, -0.15) is 0 Å². The Morgan fingerprint density at radius 1 is 1.33 bits per heavy atom. The maximum atomic E-state index is 6.17. The lowest BCUT2D eigenvalue weighted by Gasteiger charge is -2.33. The Labute approximate surface area is 95.0 Å². The van der Waals surface area contributed by atoms with E-state index >= 15 is 0 Å². The summed E-state index contributed by atoms with van der Waals surface area (Å²) in [5.41, 5.74) is 8.76. The molecule has 1 aliphatic carbocycles. The minimum Gasteiger partial charge on any atom is -0.323 e. The summed E-state index contributed by atoms with van der Waals surface area (Å²) >= 11 is 5.98. The van der Waals surface area contributed by atoms with Crippen molar-refractivity contribution in [2.24, 2.45) is 5.73 Å². The Balaban J connectivity index is 1.93. The molecule has 1 heterocycles. The van der Waals surface area contributed by atoms with Gasteiger partial charge in [0.2, 0.25) is 0 Å². The molecule has 80 valence electrons. The van der Waals surface area contributed by atoms with E-state index in [0.29, 0.717) is 0 Å². The van der Waals surface area contributed by atoms with Gasteiger partial charge in [0.05, 0.1) is 0 Å². The predicted octanol–water partition coefficient (Wildman–Crippen LogP) is 2.32. The van der Waals surface area contributed by atoms with Gasteiger partial charge in [-0.15, -0.1) is 0 Å². The van der Waals surface area contributed by atoms with E-state index in [9.17, 15) is 0 Å². The summed E-state index contributed by atoms with van der Waals surface area (Å²) in [6.45, 7) is 2.03. The first kappa shape index (κ1) is 9.64. The molecule has 1 aromatic rings. The van der Waals surface area contributed by atoms with Crippen molar-refractivity contribution in [3.05, 3.63) is 34.3 Å². The van der Waals surface area contributed by atoms with Gasteiger partial charge in [0, 0.05) is 30.2 Å². The molecule has 1 unspecified atom stereocenters. The molecule has 1 aromatic carbocycles. The van der Waals surface area contributed by atoms with Gasteiger partial charge in [0.1, 0.15) is 0 Å². The Morgan fingerprint density at radius 2 is 2.13 bits per heavy atom. The van der Waals surface area contributed by atoms with Crippen molar-refractivity contribution in [2.75, 3.05) is 6.54 Å². The summed E-state index contributed by atoms with van der Waals surface area (Å²) in [6.07, 6.45) is 2.69. The topological polar surface area (TPSA) is 29.3 Å². The SMILES string of the molecule is NC1CN(C2CC2)Cc2ccc(Cl)cc21. The van der Waals surface area contributed by atoms with Crippen molar-refractivity contribution in [3.63, 3.8) is 0 Å². The molecule has 2 nitrogen and oxygen atoms in total. The number of hydrogen-bond donors (Lipinski definition) is 1. The lowest BCUT2D eigenvalue weighted by Crippen LogP contribution is -2.38. The zero-order valence-electron chi connectivity index (χ0n) is 8.62. The first-order valence-corrected chi connectivity index (χ1v) is 5.90. The van der Waals surface area contributed by atoms with Crippen molar-refractivity contribution < 1.29 is 0 Å². The number of benzene rings is 1. The van der Waals surface area contributed by atoms with Crippen molar-refractivity contribution >= 4 is 11.6 Å². The lowest BCUT2D eigenvalue weighted by atomic mass is 9.96. The smallest absolute Gasteiger partial charge is 0.0428 e. The molecular formula is C12H15ClN2. The van der Waals surface area contributed by atoms with Crippen LogP contribution in [0.5, 0.6) is 0 Å². The number of nitrogens with zero attached hydrogens (tertiary/aromatic N) is 1. The summed E-state index contributed by atoms with van der Waals surface area (Å²) in [5, 5.41) is 0.795. The van der Waals surface area contributed by atoms with Gasteiger partial charge in [0.25, 0.3) is 0 Å². The second-order valence-corrected chi connectivity index (χ2v) is 5.05. The Bertz CT molecular complexity index is 387. The third-order valence-corrected chi connectivity index (χ3v) is 3.61. The van der Waals surface area contributed by atoms with Crippen LogP contribution in [0.2, 0.25) is 5.02 Å². The molecule has 0 radical (unpaired) electrons. The highest BCUT2D eigenvalue weighted by molar-refractivity contribution is 6.30. The maximum absolute atomic E-state index is 6.17. The molecule has 15 heavy (non-hydrogen) atoms. The summed E-state index contributed by atoms with van der Waals surface area (Å²) in [7, 11) is 0. The lowest BCUT2D eigenvalue weighted by molar-refractivity contribution is 0.221. The fourth-order valence-electron chi connectivity index (χ4n) is 2.41. The number of fused-ring (bicyclic) bond motifs is 1. The molecule has 0 bridgehead atoms. The van der Waals surface area contributed by atoms with Crippen LogP contribution in [-0.2, 0) is 6.54 Å². The van der Waals surface area contributed by atoms with Gasteiger partial charge in [-0.3, -0.25) is 4.90 Å². The van der Waals surface area contributed by atoms with Crippen LogP contribution in [0.15, 0.2) is 18.2 Å². The van der Waals surface area contributed by atoms with Crippen LogP contribution < -0.4 is 5.73 Å². The maximum Gasteiger partial charge on any atom is 0.0428 e. The van der Waals surface area contributed by atoms with E-state index in [2.05, 4.69) is 11.0 Å². The summed E-state index contributed by atoms with van der Waals surface area (Å²) in [4.78, 5) is 2.50. The van der Waals surface area contributed by atoms with Gasteiger partial charge in [-0.1, -0.05) is 17.7 Å². The van der Waals surface area contributed by atoms with Crippen LogP contribution in [0.3, 0.4) is 0 Å². The molecule has 0 spiro atoms. The van der Waals surface area contributed by atoms with E-state index < -0.39 is 0 Å². The zero-order chi connectivity index (χ0) is 10.4. The molecule has 0 saturated heterocycles. The Kier molecular flexibility index (Phi) is 2.23. The predicted molar refractivity (Wildman–Crippen MR) is 61.8 cm³/mol. The minimum absolute atomic E-state index is 0.132. The Morgan fingerprint density at radius 3 is 2.87 bits per heavy atom. The molecule has 0 aromatic heterocycles. The zero-order valence-corrected chi connectivity index (χ0v) is 9.37. The molecule has 2 N–H and O–H groups in total. The quantitative estimate of drug-likeness (QED) is 0.790. The largest absolute Gasteiger partial charge is 0.323 e. The third-order valence-electron chi connectivity index (χ3n) is 3.38. The van der Waals surface area contributed by atoms with Crippen molar-refractivity contribution in [3.8, 4) is 0 Å². The molecule has 1 atom stereocenters. The van der Waals surface area contributed by atoms with Gasteiger partial charge in [0.15, 0.2) is 0 Å². The van der Waals surface area contributed by atoms with Crippen LogP contribution in [0.25, 0.3) is 0 Å². The van der Waals surface area contributed by atoms with E-state index in [0.717, 1.165) is 24.2 Å². The van der Waals surface area contributed by atoms with Crippen LogP contribution >= 0.6 is 11.6 Å². The molecular weight excluding hydrogens is 208 g/mol. The van der Waals surface area contributed by atoms with Gasteiger partial charge in [-0.25, -0.2) is 0 Å². The number of halogens is 1. The van der Waals surface area contributed by atoms with E-state index in [1.165, 1.54) is 24.0 Å². The first-order valence-electron chi connectivity index (χ1n) is 5.52. The fraction of sp³-hybridized carbons (Fsp3) is 0.500. The molecule has 1 saturated carbocycles. The first-order chi connectivity index (χ1) is 7.24. The van der Waals surface area contributed by atoms with E-state index in [1.54, 1.807) is 0 Å². The normalized spacial score (nSPS) is 26.4. The van der Waals surface area contributed by atoms with Crippen LogP contribution in [0.4, 0.5) is 0 Å². The van der Waals surface area contributed by atoms with E-state index in [-0.39, 0.29) is 6.04 Å². The monoisotopic (exact) mass is 222 g/mol. The summed E-state index contributed by atoms with van der Waals surface area (Å²) in [6, 6.07) is 7.02. The van der Waals surface area contributed by atoms with Crippen LogP contribution in [0, 0.1) is 0 Å². The molecule has 1 aliphatic heterocycles. The number of hydrogen-bond acceptors (Lipinski definition) is 2. The van der Waals surface area contributed by atoms with E-state index in [4.69, 9.17) is 17.3 Å². The standard InChI is InChI=1S/C12H15ClN2/c13-9-2-1-8-6-15(10-3-4-10)7-12(14)11(8)5-9/h1-2,5,10,12H,3-4,6-7,14H2. The number of rotatable bonds is 1. The van der Waals surface area contributed by atoms with Crippen molar-refractivity contribution in [1.29, 1.82) is 0 Å². The molecule has 1 fully saturated rings. The Hall–Kier alpha value is -0.570. The van der Waals surface area contributed by atoms with Gasteiger partial charge < -0.3 is 5.73 Å².